The van der Waals surface area contributed by atoms with E-state index in [0.717, 1.165) is 25.8 Å². The second kappa shape index (κ2) is 5.23. The summed E-state index contributed by atoms with van der Waals surface area (Å²) in [4.78, 5) is 18.1. The zero-order valence-electron chi connectivity index (χ0n) is 9.62. The molecule has 1 aliphatic rings. The van der Waals surface area contributed by atoms with E-state index in [1.165, 1.54) is 12.3 Å². The second-order valence-electron chi connectivity index (χ2n) is 4.22. The van der Waals surface area contributed by atoms with Crippen molar-refractivity contribution in [3.63, 3.8) is 0 Å². The summed E-state index contributed by atoms with van der Waals surface area (Å²) in [6.45, 7) is 2.82. The van der Waals surface area contributed by atoms with Gasteiger partial charge in [0.1, 0.15) is 5.15 Å². The fourth-order valence-electron chi connectivity index (χ4n) is 1.81. The number of carbonyl (C=O) groups is 1. The fourth-order valence-corrected chi connectivity index (χ4v) is 2.15. The van der Waals surface area contributed by atoms with Crippen LogP contribution in [0.25, 0.3) is 0 Å². The molecular weight excluding hydrogens is 259 g/mol. The molecule has 5 heteroatoms. The summed E-state index contributed by atoms with van der Waals surface area (Å²) in [5.74, 6) is -0.0383. The van der Waals surface area contributed by atoms with Gasteiger partial charge < -0.3 is 4.90 Å². The first-order chi connectivity index (χ1) is 8.13. The summed E-state index contributed by atoms with van der Waals surface area (Å²) in [6, 6.07) is 1.92. The molecule has 1 saturated carbocycles. The molecule has 0 spiro atoms. The molecule has 1 heterocycles. The van der Waals surface area contributed by atoms with Crippen LogP contribution in [-0.2, 0) is 0 Å². The highest BCUT2D eigenvalue weighted by atomic mass is 35.5. The molecule has 1 amide bonds. The number of amides is 1. The lowest BCUT2D eigenvalue weighted by atomic mass is 10.2. The first kappa shape index (κ1) is 12.7. The SMILES string of the molecule is CCCN(C(=O)c1cc(Cl)ncc1Cl)C1CC1. The molecular formula is C12H14Cl2N2O. The Kier molecular flexibility index (Phi) is 3.89. The van der Waals surface area contributed by atoms with Crippen LogP contribution in [0.2, 0.25) is 10.2 Å². The zero-order valence-corrected chi connectivity index (χ0v) is 11.1. The lowest BCUT2D eigenvalue weighted by Crippen LogP contribution is -2.34. The van der Waals surface area contributed by atoms with Gasteiger partial charge in [-0.1, -0.05) is 30.1 Å². The molecule has 17 heavy (non-hydrogen) atoms. The first-order valence-corrected chi connectivity index (χ1v) is 6.51. The molecule has 0 aliphatic heterocycles. The molecule has 0 bridgehead atoms. The zero-order chi connectivity index (χ0) is 12.4. The summed E-state index contributed by atoms with van der Waals surface area (Å²) in [7, 11) is 0. The third kappa shape index (κ3) is 2.90. The number of hydrogen-bond donors (Lipinski definition) is 0. The highest BCUT2D eigenvalue weighted by Crippen LogP contribution is 2.30. The van der Waals surface area contributed by atoms with E-state index in [0.29, 0.717) is 21.8 Å². The third-order valence-electron chi connectivity index (χ3n) is 2.77. The smallest absolute Gasteiger partial charge is 0.255 e. The summed E-state index contributed by atoms with van der Waals surface area (Å²) in [6.07, 6.45) is 4.54. The summed E-state index contributed by atoms with van der Waals surface area (Å²) < 4.78 is 0. The van der Waals surface area contributed by atoms with Gasteiger partial charge in [0.25, 0.3) is 5.91 Å². The van der Waals surface area contributed by atoms with Crippen molar-refractivity contribution in [3.8, 4) is 0 Å². The Morgan fingerprint density at radius 3 is 2.82 bits per heavy atom. The van der Waals surface area contributed by atoms with Gasteiger partial charge in [-0.15, -0.1) is 0 Å². The van der Waals surface area contributed by atoms with Gasteiger partial charge in [0.15, 0.2) is 0 Å². The summed E-state index contributed by atoms with van der Waals surface area (Å²) >= 11 is 11.8. The van der Waals surface area contributed by atoms with Crippen LogP contribution in [0.15, 0.2) is 12.3 Å². The first-order valence-electron chi connectivity index (χ1n) is 5.75. The second-order valence-corrected chi connectivity index (χ2v) is 5.01. The van der Waals surface area contributed by atoms with Crippen LogP contribution in [0.5, 0.6) is 0 Å². The predicted octanol–water partition coefficient (Wildman–Crippen LogP) is 3.40. The van der Waals surface area contributed by atoms with Crippen molar-refractivity contribution in [1.82, 2.24) is 9.88 Å². The quantitative estimate of drug-likeness (QED) is 0.788. The maximum Gasteiger partial charge on any atom is 0.255 e. The molecule has 1 aliphatic carbocycles. The third-order valence-corrected chi connectivity index (χ3v) is 3.27. The van der Waals surface area contributed by atoms with Gasteiger partial charge in [0, 0.05) is 18.8 Å². The van der Waals surface area contributed by atoms with Crippen LogP contribution in [0.4, 0.5) is 0 Å². The molecule has 2 rings (SSSR count). The standard InChI is InChI=1S/C12H14Cl2N2O/c1-2-5-16(8-3-4-8)12(17)9-6-11(14)15-7-10(9)13/h6-8H,2-5H2,1H3. The molecule has 0 unspecified atom stereocenters. The predicted molar refractivity (Wildman–Crippen MR) is 68.6 cm³/mol. The van der Waals surface area contributed by atoms with Crippen molar-refractivity contribution >= 4 is 29.1 Å². The molecule has 0 radical (unpaired) electrons. The average molecular weight is 273 g/mol. The van der Waals surface area contributed by atoms with Gasteiger partial charge in [-0.25, -0.2) is 4.98 Å². The molecule has 3 nitrogen and oxygen atoms in total. The number of aromatic nitrogens is 1. The Bertz CT molecular complexity index is 433. The average Bonchev–Trinajstić information content (AvgIpc) is 3.12. The van der Waals surface area contributed by atoms with Crippen LogP contribution in [0.3, 0.4) is 0 Å². The van der Waals surface area contributed by atoms with Gasteiger partial charge in [0.2, 0.25) is 0 Å². The maximum atomic E-state index is 12.3. The molecule has 1 fully saturated rings. The Labute approximate surface area is 111 Å². The van der Waals surface area contributed by atoms with Crippen molar-refractivity contribution in [1.29, 1.82) is 0 Å². The molecule has 0 atom stereocenters. The van der Waals surface area contributed by atoms with E-state index < -0.39 is 0 Å². The van der Waals surface area contributed by atoms with Crippen LogP contribution in [-0.4, -0.2) is 28.4 Å². The van der Waals surface area contributed by atoms with Crippen molar-refractivity contribution in [2.24, 2.45) is 0 Å². The van der Waals surface area contributed by atoms with Crippen LogP contribution in [0.1, 0.15) is 36.5 Å². The fraction of sp³-hybridized carbons (Fsp3) is 0.500. The Morgan fingerprint density at radius 2 is 2.24 bits per heavy atom. The highest BCUT2D eigenvalue weighted by Gasteiger charge is 2.33. The van der Waals surface area contributed by atoms with E-state index in [4.69, 9.17) is 23.2 Å². The van der Waals surface area contributed by atoms with Crippen LogP contribution < -0.4 is 0 Å². The number of carbonyl (C=O) groups excluding carboxylic acids is 1. The van der Waals surface area contributed by atoms with Crippen LogP contribution in [0, 0.1) is 0 Å². The van der Waals surface area contributed by atoms with Gasteiger partial charge in [-0.3, -0.25) is 4.79 Å². The molecule has 0 saturated heterocycles. The molecule has 0 aromatic carbocycles. The van der Waals surface area contributed by atoms with Gasteiger partial charge in [-0.2, -0.15) is 0 Å². The van der Waals surface area contributed by atoms with Crippen LogP contribution >= 0.6 is 23.2 Å². The monoisotopic (exact) mass is 272 g/mol. The molecule has 1 aromatic rings. The Hall–Kier alpha value is -0.800. The highest BCUT2D eigenvalue weighted by molar-refractivity contribution is 6.35. The topological polar surface area (TPSA) is 33.2 Å². The van der Waals surface area contributed by atoms with E-state index in [-0.39, 0.29) is 5.91 Å². The van der Waals surface area contributed by atoms with Gasteiger partial charge in [0.05, 0.1) is 10.6 Å². The number of halogens is 2. The summed E-state index contributed by atoms with van der Waals surface area (Å²) in [5, 5.41) is 0.658. The lowest BCUT2D eigenvalue weighted by Gasteiger charge is -2.22. The number of pyridine rings is 1. The lowest BCUT2D eigenvalue weighted by molar-refractivity contribution is 0.0743. The van der Waals surface area contributed by atoms with Gasteiger partial charge >= 0.3 is 0 Å². The molecule has 92 valence electrons. The molecule has 0 N–H and O–H groups in total. The van der Waals surface area contributed by atoms with Crippen molar-refractivity contribution < 1.29 is 4.79 Å². The van der Waals surface area contributed by atoms with E-state index in [9.17, 15) is 4.79 Å². The van der Waals surface area contributed by atoms with Crippen molar-refractivity contribution in [2.45, 2.75) is 32.2 Å². The van der Waals surface area contributed by atoms with E-state index in [2.05, 4.69) is 11.9 Å². The number of nitrogens with zero attached hydrogens (tertiary/aromatic N) is 2. The largest absolute Gasteiger partial charge is 0.336 e. The van der Waals surface area contributed by atoms with E-state index in [1.807, 2.05) is 4.90 Å². The Balaban J connectivity index is 2.24. The Morgan fingerprint density at radius 1 is 1.53 bits per heavy atom. The molecule has 1 aromatic heterocycles. The minimum absolute atomic E-state index is 0.0383. The summed E-state index contributed by atoms with van der Waals surface area (Å²) in [5.41, 5.74) is 0.451. The van der Waals surface area contributed by atoms with E-state index >= 15 is 0 Å². The normalized spacial score (nSPS) is 14.8. The van der Waals surface area contributed by atoms with Crippen molar-refractivity contribution in [2.75, 3.05) is 6.54 Å². The number of rotatable bonds is 4. The van der Waals surface area contributed by atoms with E-state index in [1.54, 1.807) is 0 Å². The minimum atomic E-state index is -0.0383. The maximum absolute atomic E-state index is 12.3. The van der Waals surface area contributed by atoms with Crippen molar-refractivity contribution in [3.05, 3.63) is 28.0 Å². The number of hydrogen-bond acceptors (Lipinski definition) is 2. The van der Waals surface area contributed by atoms with Gasteiger partial charge in [-0.05, 0) is 25.3 Å². The minimum Gasteiger partial charge on any atom is -0.336 e.